The molecule has 7 rings (SSSR count). The molecular formula is C30H22F3N7O2. The second kappa shape index (κ2) is 9.77. The van der Waals surface area contributed by atoms with Crippen LogP contribution in [0.4, 0.5) is 18.9 Å². The van der Waals surface area contributed by atoms with Crippen molar-refractivity contribution in [2.75, 3.05) is 31.1 Å². The van der Waals surface area contributed by atoms with Crippen molar-refractivity contribution in [1.29, 1.82) is 0 Å². The van der Waals surface area contributed by atoms with Gasteiger partial charge in [0.2, 0.25) is 0 Å². The van der Waals surface area contributed by atoms with Crippen molar-refractivity contribution < 1.29 is 13.2 Å². The van der Waals surface area contributed by atoms with E-state index in [9.17, 15) is 22.8 Å². The zero-order chi connectivity index (χ0) is 29.0. The number of nitrogens with one attached hydrogen (secondary N) is 2. The first kappa shape index (κ1) is 25.8. The van der Waals surface area contributed by atoms with Crippen molar-refractivity contribution in [2.45, 2.75) is 6.18 Å². The van der Waals surface area contributed by atoms with E-state index in [-0.39, 0.29) is 27.8 Å². The van der Waals surface area contributed by atoms with Crippen LogP contribution >= 0.6 is 0 Å². The number of nitrogens with zero attached hydrogens (tertiary/aromatic N) is 5. The lowest BCUT2D eigenvalue weighted by molar-refractivity contribution is -0.137. The fourth-order valence-corrected chi connectivity index (χ4v) is 5.46. The number of hydrogen-bond acceptors (Lipinski definition) is 7. The summed E-state index contributed by atoms with van der Waals surface area (Å²) in [6, 6.07) is 16.7. The molecule has 0 aliphatic carbocycles. The summed E-state index contributed by atoms with van der Waals surface area (Å²) in [6.45, 7) is 1.94. The zero-order valence-electron chi connectivity index (χ0n) is 21.9. The minimum absolute atomic E-state index is 0.0168. The third-order valence-electron chi connectivity index (χ3n) is 7.47. The Hall–Kier alpha value is -5.10. The van der Waals surface area contributed by atoms with E-state index in [4.69, 9.17) is 4.98 Å². The molecule has 2 N–H and O–H groups in total. The third kappa shape index (κ3) is 4.36. The van der Waals surface area contributed by atoms with E-state index in [0.29, 0.717) is 43.0 Å². The molecule has 0 spiro atoms. The highest BCUT2D eigenvalue weighted by Gasteiger charge is 2.36. The second-order valence-electron chi connectivity index (χ2n) is 10.0. The number of hydrogen-bond donors (Lipinski definition) is 2. The number of aromatic nitrogens is 5. The molecule has 1 aliphatic heterocycles. The van der Waals surface area contributed by atoms with Crippen LogP contribution in [-0.4, -0.2) is 50.7 Å². The maximum absolute atomic E-state index is 14.4. The average molecular weight is 570 g/mol. The number of rotatable bonds is 3. The molecule has 1 saturated heterocycles. The Labute approximate surface area is 235 Å². The van der Waals surface area contributed by atoms with Gasteiger partial charge in [0.1, 0.15) is 5.52 Å². The minimum atomic E-state index is -4.68. The Morgan fingerprint density at radius 1 is 0.857 bits per heavy atom. The van der Waals surface area contributed by atoms with Crippen LogP contribution in [-0.2, 0) is 6.18 Å². The highest BCUT2D eigenvalue weighted by atomic mass is 19.4. The summed E-state index contributed by atoms with van der Waals surface area (Å²) in [5.41, 5.74) is 0.119. The second-order valence-corrected chi connectivity index (χ2v) is 10.0. The molecule has 42 heavy (non-hydrogen) atoms. The van der Waals surface area contributed by atoms with Crippen molar-refractivity contribution in [3.05, 3.63) is 99.5 Å². The van der Waals surface area contributed by atoms with Crippen molar-refractivity contribution in [2.24, 2.45) is 0 Å². The highest BCUT2D eigenvalue weighted by Crippen LogP contribution is 2.38. The summed E-state index contributed by atoms with van der Waals surface area (Å²) in [5.74, 6) is 0. The van der Waals surface area contributed by atoms with Crippen molar-refractivity contribution in [3.63, 3.8) is 0 Å². The number of fused-ring (bicyclic) bond motifs is 4. The average Bonchev–Trinajstić information content (AvgIpc) is 3.00. The van der Waals surface area contributed by atoms with Crippen molar-refractivity contribution in [3.8, 4) is 16.9 Å². The lowest BCUT2D eigenvalue weighted by Gasteiger charge is -2.31. The summed E-state index contributed by atoms with van der Waals surface area (Å²) < 4.78 is 44.2. The monoisotopic (exact) mass is 569 g/mol. The van der Waals surface area contributed by atoms with Crippen molar-refractivity contribution >= 4 is 38.5 Å². The van der Waals surface area contributed by atoms with Crippen LogP contribution in [0.1, 0.15) is 5.56 Å². The Morgan fingerprint density at radius 2 is 1.64 bits per heavy atom. The molecule has 1 fully saturated rings. The normalized spacial score (nSPS) is 14.2. The van der Waals surface area contributed by atoms with Gasteiger partial charge < -0.3 is 10.2 Å². The maximum Gasteiger partial charge on any atom is 0.418 e. The number of aromatic amines is 1. The van der Waals surface area contributed by atoms with Crippen LogP contribution < -0.4 is 21.5 Å². The van der Waals surface area contributed by atoms with Crippen molar-refractivity contribution in [1.82, 2.24) is 29.8 Å². The van der Waals surface area contributed by atoms with Crippen LogP contribution in [0.3, 0.4) is 0 Å². The number of piperazine rings is 1. The van der Waals surface area contributed by atoms with Gasteiger partial charge in [0, 0.05) is 55.2 Å². The molecule has 0 bridgehead atoms. The van der Waals surface area contributed by atoms with E-state index in [1.807, 2.05) is 30.3 Å². The Bertz CT molecular complexity index is 2130. The molecule has 0 saturated carbocycles. The number of H-pyrrole nitrogens is 1. The molecule has 2 aromatic carbocycles. The van der Waals surface area contributed by atoms with Gasteiger partial charge in [-0.1, -0.05) is 18.2 Å². The molecule has 9 nitrogen and oxygen atoms in total. The van der Waals surface area contributed by atoms with Crippen LogP contribution in [0.25, 0.3) is 49.8 Å². The smallest absolute Gasteiger partial charge is 0.368 e. The van der Waals surface area contributed by atoms with E-state index in [2.05, 4.69) is 20.3 Å². The number of alkyl halides is 3. The van der Waals surface area contributed by atoms with Gasteiger partial charge >= 0.3 is 11.9 Å². The third-order valence-corrected chi connectivity index (χ3v) is 7.47. The maximum atomic E-state index is 14.4. The van der Waals surface area contributed by atoms with Gasteiger partial charge in [0.25, 0.3) is 5.56 Å². The van der Waals surface area contributed by atoms with Gasteiger partial charge in [-0.15, -0.1) is 0 Å². The number of anilines is 1. The molecule has 4 aromatic heterocycles. The molecule has 1 aliphatic rings. The molecule has 0 unspecified atom stereocenters. The molecule has 5 heterocycles. The first-order chi connectivity index (χ1) is 20.3. The summed E-state index contributed by atoms with van der Waals surface area (Å²) in [7, 11) is 0. The SMILES string of the molecule is O=c1[nH]c(=O)n(-c2ccc(N3CCNCC3)c(C(F)(F)F)c2)c2c1cnc1ccc(-c3cnc4ccccc4c3)nc12. The number of para-hydroxylation sites is 1. The molecule has 210 valence electrons. The predicted molar refractivity (Wildman–Crippen MR) is 154 cm³/mol. The first-order valence-electron chi connectivity index (χ1n) is 13.3. The largest absolute Gasteiger partial charge is 0.418 e. The van der Waals surface area contributed by atoms with E-state index < -0.39 is 23.0 Å². The number of pyridine rings is 3. The molecule has 6 aromatic rings. The molecular weight excluding hydrogens is 547 g/mol. The van der Waals surface area contributed by atoms with Gasteiger partial charge in [-0.25, -0.2) is 9.78 Å². The zero-order valence-corrected chi connectivity index (χ0v) is 21.9. The molecule has 0 atom stereocenters. The fourth-order valence-electron chi connectivity index (χ4n) is 5.46. The Balaban J connectivity index is 1.48. The molecule has 0 radical (unpaired) electrons. The summed E-state index contributed by atoms with van der Waals surface area (Å²) >= 11 is 0. The lowest BCUT2D eigenvalue weighted by Crippen LogP contribution is -2.44. The molecule has 0 amide bonds. The number of halogens is 3. The van der Waals surface area contributed by atoms with E-state index in [0.717, 1.165) is 21.5 Å². The first-order valence-corrected chi connectivity index (χ1v) is 13.3. The van der Waals surface area contributed by atoms with Gasteiger partial charge in [0.15, 0.2) is 0 Å². The number of benzene rings is 2. The van der Waals surface area contributed by atoms with E-state index >= 15 is 0 Å². The lowest BCUT2D eigenvalue weighted by atomic mass is 10.1. The summed E-state index contributed by atoms with van der Waals surface area (Å²) in [6.07, 6.45) is -1.72. The van der Waals surface area contributed by atoms with Gasteiger partial charge in [-0.2, -0.15) is 13.2 Å². The molecule has 12 heteroatoms. The van der Waals surface area contributed by atoms with Crippen LogP contribution in [0.5, 0.6) is 0 Å². The minimum Gasteiger partial charge on any atom is -0.368 e. The van der Waals surface area contributed by atoms with E-state index in [1.165, 1.54) is 18.3 Å². The van der Waals surface area contributed by atoms with E-state index in [1.54, 1.807) is 23.2 Å². The Kier molecular flexibility index (Phi) is 6.01. The predicted octanol–water partition coefficient (Wildman–Crippen LogP) is 4.27. The van der Waals surface area contributed by atoms with Crippen LogP contribution in [0.15, 0.2) is 82.6 Å². The summed E-state index contributed by atoms with van der Waals surface area (Å²) in [4.78, 5) is 43.7. The van der Waals surface area contributed by atoms with Crippen LogP contribution in [0, 0.1) is 0 Å². The highest BCUT2D eigenvalue weighted by molar-refractivity contribution is 6.02. The summed E-state index contributed by atoms with van der Waals surface area (Å²) in [5, 5.41) is 4.05. The standard InChI is InChI=1S/C30H22F3N7O2/c31-30(32,33)21-14-19(5-8-25(21)39-11-9-34-10-12-39)40-27-20(28(41)38-29(40)42)16-36-24-7-6-23(37-26(24)27)18-13-17-3-1-2-4-22(17)35-15-18/h1-8,13-16,34H,9-12H2,(H,38,41,42). The quantitative estimate of drug-likeness (QED) is 0.307. The van der Waals surface area contributed by atoms with Crippen LogP contribution in [0.2, 0.25) is 0 Å². The van der Waals surface area contributed by atoms with Gasteiger partial charge in [-0.3, -0.25) is 24.3 Å². The van der Waals surface area contributed by atoms with Gasteiger partial charge in [-0.05, 0) is 42.5 Å². The fraction of sp³-hybridized carbons (Fsp3) is 0.167. The topological polar surface area (TPSA) is 109 Å². The Morgan fingerprint density at radius 3 is 2.45 bits per heavy atom. The van der Waals surface area contributed by atoms with Gasteiger partial charge in [0.05, 0.1) is 38.9 Å².